The van der Waals surface area contributed by atoms with Crippen molar-refractivity contribution < 1.29 is 9.53 Å². The zero-order valence-corrected chi connectivity index (χ0v) is 9.76. The first-order chi connectivity index (χ1) is 6.29. The van der Waals surface area contributed by atoms with Crippen LogP contribution in [0.4, 0.5) is 0 Å². The van der Waals surface area contributed by atoms with Crippen LogP contribution in [0.1, 0.15) is 41.0 Å². The van der Waals surface area contributed by atoms with E-state index >= 15 is 0 Å². The van der Waals surface area contributed by atoms with Gasteiger partial charge in [-0.25, -0.2) is 4.79 Å². The number of ether oxygens (including phenoxy) is 1. The summed E-state index contributed by atoms with van der Waals surface area (Å²) in [6.45, 7) is 9.91. The van der Waals surface area contributed by atoms with Gasteiger partial charge in [-0.05, 0) is 39.0 Å². The summed E-state index contributed by atoms with van der Waals surface area (Å²) in [7, 11) is 0. The van der Waals surface area contributed by atoms with Gasteiger partial charge in [0.15, 0.2) is 0 Å². The molecule has 0 fully saturated rings. The van der Waals surface area contributed by atoms with Crippen LogP contribution in [0, 0.1) is 11.8 Å². The van der Waals surface area contributed by atoms with Crippen LogP contribution >= 0.6 is 0 Å². The van der Waals surface area contributed by atoms with Crippen LogP contribution in [0.15, 0.2) is 11.6 Å². The molecule has 0 radical (unpaired) electrons. The maximum absolute atomic E-state index is 11.7. The SMILES string of the molecule is C[C@H]1C=C(C(=O)OC(C)(C)C)[C@@H](C)C1. The highest BCUT2D eigenvalue weighted by Crippen LogP contribution is 2.31. The van der Waals surface area contributed by atoms with Gasteiger partial charge in [0.05, 0.1) is 0 Å². The van der Waals surface area contributed by atoms with Crippen LogP contribution in [0.5, 0.6) is 0 Å². The molecule has 14 heavy (non-hydrogen) atoms. The first-order valence-corrected chi connectivity index (χ1v) is 5.24. The standard InChI is InChI=1S/C12H20O2/c1-8-6-9(2)10(7-8)11(13)14-12(3,4)5/h7-9H,6H2,1-5H3/t8-,9+/m1/s1. The van der Waals surface area contributed by atoms with Gasteiger partial charge in [-0.3, -0.25) is 0 Å². The van der Waals surface area contributed by atoms with Gasteiger partial charge in [0.1, 0.15) is 5.60 Å². The third-order valence-electron chi connectivity index (χ3n) is 2.35. The molecule has 0 aliphatic heterocycles. The molecule has 1 aliphatic carbocycles. The molecule has 2 heteroatoms. The fraction of sp³-hybridized carbons (Fsp3) is 0.750. The molecule has 0 heterocycles. The Labute approximate surface area is 86.3 Å². The van der Waals surface area contributed by atoms with Crippen LogP contribution in [-0.4, -0.2) is 11.6 Å². The Hall–Kier alpha value is -0.790. The van der Waals surface area contributed by atoms with Crippen molar-refractivity contribution in [1.82, 2.24) is 0 Å². The van der Waals surface area contributed by atoms with E-state index < -0.39 is 0 Å². The van der Waals surface area contributed by atoms with Crippen LogP contribution in [0.3, 0.4) is 0 Å². The smallest absolute Gasteiger partial charge is 0.334 e. The predicted octanol–water partition coefficient (Wildman–Crippen LogP) is 2.93. The first kappa shape index (κ1) is 11.3. The van der Waals surface area contributed by atoms with Gasteiger partial charge in [-0.2, -0.15) is 0 Å². The maximum atomic E-state index is 11.7. The van der Waals surface area contributed by atoms with Crippen molar-refractivity contribution in [1.29, 1.82) is 0 Å². The monoisotopic (exact) mass is 196 g/mol. The minimum Gasteiger partial charge on any atom is -0.457 e. The summed E-state index contributed by atoms with van der Waals surface area (Å²) in [6.07, 6.45) is 3.10. The normalized spacial score (nSPS) is 27.4. The van der Waals surface area contributed by atoms with Gasteiger partial charge in [-0.1, -0.05) is 19.9 Å². The highest BCUT2D eigenvalue weighted by Gasteiger charge is 2.28. The summed E-state index contributed by atoms with van der Waals surface area (Å²) in [5, 5.41) is 0. The van der Waals surface area contributed by atoms with Gasteiger partial charge < -0.3 is 4.74 Å². The van der Waals surface area contributed by atoms with Gasteiger partial charge in [0.2, 0.25) is 0 Å². The van der Waals surface area contributed by atoms with Crippen molar-refractivity contribution in [3.63, 3.8) is 0 Å². The molecular weight excluding hydrogens is 176 g/mol. The van der Waals surface area contributed by atoms with Gasteiger partial charge >= 0.3 is 5.97 Å². The summed E-state index contributed by atoms with van der Waals surface area (Å²) in [6, 6.07) is 0. The highest BCUT2D eigenvalue weighted by atomic mass is 16.6. The number of allylic oxidation sites excluding steroid dienone is 1. The van der Waals surface area contributed by atoms with Gasteiger partial charge in [-0.15, -0.1) is 0 Å². The average Bonchev–Trinajstić information content (AvgIpc) is 2.26. The van der Waals surface area contributed by atoms with E-state index in [4.69, 9.17) is 4.74 Å². The Morgan fingerprint density at radius 1 is 1.43 bits per heavy atom. The third-order valence-corrected chi connectivity index (χ3v) is 2.35. The molecule has 0 aromatic carbocycles. The zero-order chi connectivity index (χ0) is 10.9. The summed E-state index contributed by atoms with van der Waals surface area (Å²) >= 11 is 0. The Bertz CT molecular complexity index is 258. The molecule has 0 spiro atoms. The molecule has 2 nitrogen and oxygen atoms in total. The lowest BCUT2D eigenvalue weighted by Gasteiger charge is -2.21. The van der Waals surface area contributed by atoms with Crippen molar-refractivity contribution in [2.75, 3.05) is 0 Å². The summed E-state index contributed by atoms with van der Waals surface area (Å²) < 4.78 is 5.33. The summed E-state index contributed by atoms with van der Waals surface area (Å²) in [5.41, 5.74) is 0.469. The van der Waals surface area contributed by atoms with E-state index in [1.807, 2.05) is 26.8 Å². The molecular formula is C12H20O2. The second-order valence-electron chi connectivity index (χ2n) is 5.24. The number of carbonyl (C=O) groups excluding carboxylic acids is 1. The van der Waals surface area contributed by atoms with E-state index in [2.05, 4.69) is 13.8 Å². The number of esters is 1. The lowest BCUT2D eigenvalue weighted by atomic mass is 10.0. The molecule has 0 unspecified atom stereocenters. The molecule has 1 aliphatic rings. The highest BCUT2D eigenvalue weighted by molar-refractivity contribution is 5.89. The van der Waals surface area contributed by atoms with Crippen LogP contribution < -0.4 is 0 Å². The van der Waals surface area contributed by atoms with E-state index in [1.54, 1.807) is 0 Å². The molecule has 2 atom stereocenters. The van der Waals surface area contributed by atoms with Crippen molar-refractivity contribution in [2.45, 2.75) is 46.6 Å². The van der Waals surface area contributed by atoms with Gasteiger partial charge in [0.25, 0.3) is 0 Å². The van der Waals surface area contributed by atoms with Crippen LogP contribution in [0.25, 0.3) is 0 Å². The van der Waals surface area contributed by atoms with Crippen molar-refractivity contribution >= 4 is 5.97 Å². The molecule has 0 aromatic heterocycles. The topological polar surface area (TPSA) is 26.3 Å². The Balaban J connectivity index is 2.66. The van der Waals surface area contributed by atoms with Crippen molar-refractivity contribution in [3.05, 3.63) is 11.6 Å². The number of hydrogen-bond donors (Lipinski definition) is 0. The molecule has 1 rings (SSSR count). The molecule has 80 valence electrons. The van der Waals surface area contributed by atoms with Gasteiger partial charge in [0, 0.05) is 5.57 Å². The summed E-state index contributed by atoms with van der Waals surface area (Å²) in [4.78, 5) is 11.7. The average molecular weight is 196 g/mol. The molecule has 0 bridgehead atoms. The number of carbonyl (C=O) groups is 1. The van der Waals surface area contributed by atoms with E-state index in [0.717, 1.165) is 12.0 Å². The fourth-order valence-corrected chi connectivity index (χ4v) is 1.83. The second-order valence-corrected chi connectivity index (χ2v) is 5.24. The third kappa shape index (κ3) is 2.86. The van der Waals surface area contributed by atoms with E-state index in [9.17, 15) is 4.79 Å². The van der Waals surface area contributed by atoms with Crippen LogP contribution in [-0.2, 0) is 9.53 Å². The Kier molecular flexibility index (Phi) is 3.03. The Morgan fingerprint density at radius 3 is 2.36 bits per heavy atom. The number of hydrogen-bond acceptors (Lipinski definition) is 2. The quantitative estimate of drug-likeness (QED) is 0.603. The summed E-state index contributed by atoms with van der Waals surface area (Å²) in [5.74, 6) is 0.710. The molecule has 0 saturated carbocycles. The van der Waals surface area contributed by atoms with Crippen LogP contribution in [0.2, 0.25) is 0 Å². The molecule has 0 amide bonds. The predicted molar refractivity (Wildman–Crippen MR) is 56.9 cm³/mol. The zero-order valence-electron chi connectivity index (χ0n) is 9.76. The minimum absolute atomic E-state index is 0.144. The van der Waals surface area contributed by atoms with E-state index in [1.165, 1.54) is 0 Å². The van der Waals surface area contributed by atoms with Crippen molar-refractivity contribution in [3.8, 4) is 0 Å². The lowest BCUT2D eigenvalue weighted by molar-refractivity contribution is -0.150. The van der Waals surface area contributed by atoms with E-state index in [0.29, 0.717) is 11.8 Å². The molecule has 0 aromatic rings. The van der Waals surface area contributed by atoms with E-state index in [-0.39, 0.29) is 11.6 Å². The number of rotatable bonds is 1. The molecule has 0 N–H and O–H groups in total. The maximum Gasteiger partial charge on any atom is 0.334 e. The Morgan fingerprint density at radius 2 is 2.00 bits per heavy atom. The lowest BCUT2D eigenvalue weighted by Crippen LogP contribution is -2.25. The largest absolute Gasteiger partial charge is 0.457 e. The molecule has 0 saturated heterocycles. The minimum atomic E-state index is -0.385. The second kappa shape index (κ2) is 3.76. The van der Waals surface area contributed by atoms with Crippen molar-refractivity contribution in [2.24, 2.45) is 11.8 Å². The fourth-order valence-electron chi connectivity index (χ4n) is 1.83. The first-order valence-electron chi connectivity index (χ1n) is 5.24.